The SMILES string of the molecule is COc1ccc(Oc2c(Cl)ccc(CNC(=O)C3CCN(S(=O)(=O)C4CC4)CC3)c2Cl)cc1C(C)C. The van der Waals surface area contributed by atoms with E-state index in [1.165, 1.54) is 4.31 Å². The van der Waals surface area contributed by atoms with Gasteiger partial charge < -0.3 is 14.8 Å². The number of hydrogen-bond acceptors (Lipinski definition) is 5. The van der Waals surface area contributed by atoms with Gasteiger partial charge in [0.15, 0.2) is 5.75 Å². The Balaban J connectivity index is 1.39. The van der Waals surface area contributed by atoms with Crippen LogP contribution in [0.5, 0.6) is 17.2 Å². The van der Waals surface area contributed by atoms with Gasteiger partial charge in [-0.3, -0.25) is 4.79 Å². The molecule has 1 aliphatic carbocycles. The van der Waals surface area contributed by atoms with Crippen molar-refractivity contribution in [2.75, 3.05) is 20.2 Å². The van der Waals surface area contributed by atoms with Crippen LogP contribution in [-0.2, 0) is 21.4 Å². The van der Waals surface area contributed by atoms with Gasteiger partial charge in [-0.2, -0.15) is 0 Å². The fraction of sp³-hybridized carbons (Fsp3) is 0.500. The number of halogens is 2. The smallest absolute Gasteiger partial charge is 0.223 e. The van der Waals surface area contributed by atoms with Crippen molar-refractivity contribution in [3.63, 3.8) is 0 Å². The zero-order chi connectivity index (χ0) is 26.0. The highest BCUT2D eigenvalue weighted by atomic mass is 35.5. The van der Waals surface area contributed by atoms with Gasteiger partial charge >= 0.3 is 0 Å². The van der Waals surface area contributed by atoms with Crippen molar-refractivity contribution in [1.29, 1.82) is 0 Å². The standard InChI is InChI=1S/C26H32Cl2N2O5S/c1-16(2)21-14-19(5-9-23(21)34-3)35-25-22(27)8-4-18(24(25)28)15-29-26(31)17-10-12-30(13-11-17)36(32,33)20-6-7-20/h4-5,8-9,14,16-17,20H,6-7,10-13,15H2,1-3H3,(H,29,31). The lowest BCUT2D eigenvalue weighted by Gasteiger charge is -2.30. The molecular weight excluding hydrogens is 523 g/mol. The third-order valence-electron chi connectivity index (χ3n) is 6.76. The van der Waals surface area contributed by atoms with Crippen LogP contribution in [0.15, 0.2) is 30.3 Å². The number of carbonyl (C=O) groups is 1. The topological polar surface area (TPSA) is 84.9 Å². The van der Waals surface area contributed by atoms with Crippen molar-refractivity contribution in [1.82, 2.24) is 9.62 Å². The number of nitrogens with zero attached hydrogens (tertiary/aromatic N) is 1. The van der Waals surface area contributed by atoms with Crippen molar-refractivity contribution in [2.24, 2.45) is 5.92 Å². The van der Waals surface area contributed by atoms with Crippen molar-refractivity contribution in [2.45, 2.75) is 57.2 Å². The molecule has 0 bridgehead atoms. The summed E-state index contributed by atoms with van der Waals surface area (Å²) >= 11 is 13.0. The van der Waals surface area contributed by atoms with E-state index in [2.05, 4.69) is 19.2 Å². The average molecular weight is 556 g/mol. The zero-order valence-corrected chi connectivity index (χ0v) is 23.0. The molecule has 2 aromatic rings. The van der Waals surface area contributed by atoms with E-state index in [9.17, 15) is 13.2 Å². The summed E-state index contributed by atoms with van der Waals surface area (Å²) in [7, 11) is -1.56. The predicted octanol–water partition coefficient (Wildman–Crippen LogP) is 5.74. The normalized spacial score (nSPS) is 17.3. The molecule has 1 aliphatic heterocycles. The summed E-state index contributed by atoms with van der Waals surface area (Å²) in [5, 5.41) is 3.41. The Morgan fingerprint density at radius 2 is 1.81 bits per heavy atom. The van der Waals surface area contributed by atoms with Gasteiger partial charge in [-0.05, 0) is 61.4 Å². The second kappa shape index (κ2) is 11.2. The predicted molar refractivity (Wildman–Crippen MR) is 142 cm³/mol. The third kappa shape index (κ3) is 5.93. The largest absolute Gasteiger partial charge is 0.496 e. The molecule has 196 valence electrons. The number of rotatable bonds is 9. The van der Waals surface area contributed by atoms with E-state index in [4.69, 9.17) is 32.7 Å². The van der Waals surface area contributed by atoms with Crippen LogP contribution in [0.25, 0.3) is 0 Å². The van der Waals surface area contributed by atoms with Gasteiger partial charge in [0.25, 0.3) is 0 Å². The van der Waals surface area contributed by atoms with E-state index >= 15 is 0 Å². The number of amides is 1. The van der Waals surface area contributed by atoms with Gasteiger partial charge in [-0.25, -0.2) is 12.7 Å². The minimum Gasteiger partial charge on any atom is -0.496 e. The molecule has 7 nitrogen and oxygen atoms in total. The highest BCUT2D eigenvalue weighted by molar-refractivity contribution is 7.90. The fourth-order valence-corrected chi connectivity index (χ4v) is 6.81. The molecule has 0 atom stereocenters. The maximum atomic E-state index is 12.8. The molecule has 10 heteroatoms. The third-order valence-corrected chi connectivity index (χ3v) is 9.87. The number of benzene rings is 2. The van der Waals surface area contributed by atoms with Gasteiger partial charge in [0.2, 0.25) is 15.9 Å². The molecule has 2 fully saturated rings. The molecule has 36 heavy (non-hydrogen) atoms. The molecule has 2 aromatic carbocycles. The highest BCUT2D eigenvalue weighted by Crippen LogP contribution is 2.40. The van der Waals surface area contributed by atoms with Crippen LogP contribution < -0.4 is 14.8 Å². The fourth-order valence-electron chi connectivity index (χ4n) is 4.42. The first-order valence-electron chi connectivity index (χ1n) is 12.2. The van der Waals surface area contributed by atoms with Gasteiger partial charge in [-0.15, -0.1) is 0 Å². The number of hydrogen-bond donors (Lipinski definition) is 1. The van der Waals surface area contributed by atoms with Crippen LogP contribution >= 0.6 is 23.2 Å². The molecule has 1 saturated carbocycles. The Labute approximate surface area is 223 Å². The number of ether oxygens (including phenoxy) is 2. The highest BCUT2D eigenvalue weighted by Gasteiger charge is 2.41. The molecule has 0 spiro atoms. The first-order valence-corrected chi connectivity index (χ1v) is 14.5. The van der Waals surface area contributed by atoms with Crippen LogP contribution in [0.3, 0.4) is 0 Å². The van der Waals surface area contributed by atoms with E-state index < -0.39 is 10.0 Å². The van der Waals surface area contributed by atoms with Crippen LogP contribution in [0, 0.1) is 5.92 Å². The Morgan fingerprint density at radius 3 is 2.42 bits per heavy atom. The first-order chi connectivity index (χ1) is 17.1. The molecule has 1 N–H and O–H groups in total. The minimum absolute atomic E-state index is 0.108. The Morgan fingerprint density at radius 1 is 1.11 bits per heavy atom. The van der Waals surface area contributed by atoms with Gasteiger partial charge in [0.1, 0.15) is 11.5 Å². The molecule has 4 rings (SSSR count). The van der Waals surface area contributed by atoms with Crippen molar-refractivity contribution in [3.05, 3.63) is 51.5 Å². The summed E-state index contributed by atoms with van der Waals surface area (Å²) in [6, 6.07) is 8.99. The number of sulfonamides is 1. The summed E-state index contributed by atoms with van der Waals surface area (Å²) in [4.78, 5) is 12.8. The zero-order valence-electron chi connectivity index (χ0n) is 20.7. The Bertz CT molecular complexity index is 1220. The van der Waals surface area contributed by atoms with Crippen LogP contribution in [0.1, 0.15) is 56.6 Å². The number of methoxy groups -OCH3 is 1. The summed E-state index contributed by atoms with van der Waals surface area (Å²) in [6.07, 6.45) is 2.51. The summed E-state index contributed by atoms with van der Waals surface area (Å²) < 4.78 is 37.9. The monoisotopic (exact) mass is 554 g/mol. The van der Waals surface area contributed by atoms with E-state index in [1.54, 1.807) is 25.3 Å². The molecule has 1 amide bonds. The minimum atomic E-state index is -3.19. The van der Waals surface area contributed by atoms with E-state index in [0.29, 0.717) is 53.0 Å². The van der Waals surface area contributed by atoms with E-state index in [0.717, 1.165) is 24.2 Å². The Hall–Kier alpha value is -2.00. The lowest BCUT2D eigenvalue weighted by Crippen LogP contribution is -2.44. The quantitative estimate of drug-likeness (QED) is 0.427. The van der Waals surface area contributed by atoms with Gasteiger partial charge in [0.05, 0.1) is 22.4 Å². The maximum Gasteiger partial charge on any atom is 0.223 e. The molecule has 1 saturated heterocycles. The molecule has 0 aromatic heterocycles. The molecule has 2 aliphatic rings. The van der Waals surface area contributed by atoms with E-state index in [1.807, 2.05) is 12.1 Å². The second-order valence-corrected chi connectivity index (χ2v) is 12.6. The average Bonchev–Trinajstić information content (AvgIpc) is 3.72. The number of piperidine rings is 1. The van der Waals surface area contributed by atoms with E-state index in [-0.39, 0.29) is 29.5 Å². The molecular formula is C26H32Cl2N2O5S. The van der Waals surface area contributed by atoms with Crippen molar-refractivity contribution < 1.29 is 22.7 Å². The molecule has 1 heterocycles. The van der Waals surface area contributed by atoms with Gasteiger partial charge in [0, 0.05) is 31.1 Å². The lowest BCUT2D eigenvalue weighted by atomic mass is 9.97. The van der Waals surface area contributed by atoms with Crippen LogP contribution in [-0.4, -0.2) is 44.1 Å². The Kier molecular flexibility index (Phi) is 8.39. The maximum absolute atomic E-state index is 12.8. The van der Waals surface area contributed by atoms with Crippen LogP contribution in [0.4, 0.5) is 0 Å². The van der Waals surface area contributed by atoms with Gasteiger partial charge in [-0.1, -0.05) is 43.1 Å². The first kappa shape index (κ1) is 27.0. The summed E-state index contributed by atoms with van der Waals surface area (Å²) in [5.41, 5.74) is 1.68. The summed E-state index contributed by atoms with van der Waals surface area (Å²) in [5.74, 6) is 1.58. The lowest BCUT2D eigenvalue weighted by molar-refractivity contribution is -0.126. The summed E-state index contributed by atoms with van der Waals surface area (Å²) in [6.45, 7) is 5.13. The second-order valence-electron chi connectivity index (χ2n) is 9.65. The van der Waals surface area contributed by atoms with Crippen molar-refractivity contribution in [3.8, 4) is 17.2 Å². The van der Waals surface area contributed by atoms with Crippen LogP contribution in [0.2, 0.25) is 10.0 Å². The molecule has 0 radical (unpaired) electrons. The number of nitrogens with one attached hydrogen (secondary N) is 1. The molecule has 0 unspecified atom stereocenters. The van der Waals surface area contributed by atoms with Crippen molar-refractivity contribution >= 4 is 39.1 Å². The number of carbonyl (C=O) groups excluding carboxylic acids is 1.